The zero-order chi connectivity index (χ0) is 13.0. The van der Waals surface area contributed by atoms with Gasteiger partial charge in [-0.15, -0.1) is 0 Å². The van der Waals surface area contributed by atoms with Gasteiger partial charge in [0, 0.05) is 31.6 Å². The Morgan fingerprint density at radius 3 is 3.00 bits per heavy atom. The van der Waals surface area contributed by atoms with Crippen molar-refractivity contribution in [3.63, 3.8) is 0 Å². The molecule has 4 heteroatoms. The molecular weight excluding hydrogens is 226 g/mol. The third-order valence-electron chi connectivity index (χ3n) is 4.47. The highest BCUT2D eigenvalue weighted by molar-refractivity contribution is 5.78. The normalized spacial score (nSPS) is 31.3. The Hall–Kier alpha value is -0.610. The standard InChI is InChI=1S/C14H27N3O/c1-3-17-8-4-5-12(10-17)11(2)15-9-13-6-7-14(18)16-13/h11-13,15H,3-10H2,1-2H3,(H,16,18). The van der Waals surface area contributed by atoms with Gasteiger partial charge in [0.05, 0.1) is 0 Å². The summed E-state index contributed by atoms with van der Waals surface area (Å²) in [5.41, 5.74) is 0. The zero-order valence-corrected chi connectivity index (χ0v) is 11.7. The molecule has 2 aliphatic rings. The van der Waals surface area contributed by atoms with Gasteiger partial charge in [0.15, 0.2) is 0 Å². The maximum Gasteiger partial charge on any atom is 0.220 e. The average molecular weight is 253 g/mol. The minimum Gasteiger partial charge on any atom is -0.352 e. The lowest BCUT2D eigenvalue weighted by Crippen LogP contribution is -2.47. The molecule has 0 aliphatic carbocycles. The maximum absolute atomic E-state index is 11.1. The molecule has 2 fully saturated rings. The summed E-state index contributed by atoms with van der Waals surface area (Å²) in [6.07, 6.45) is 4.35. The summed E-state index contributed by atoms with van der Waals surface area (Å²) in [7, 11) is 0. The van der Waals surface area contributed by atoms with Crippen LogP contribution in [0.3, 0.4) is 0 Å². The number of nitrogens with zero attached hydrogens (tertiary/aromatic N) is 1. The lowest BCUT2D eigenvalue weighted by Gasteiger charge is -2.35. The van der Waals surface area contributed by atoms with Crippen molar-refractivity contribution in [3.05, 3.63) is 0 Å². The first-order valence-corrected chi connectivity index (χ1v) is 7.44. The van der Waals surface area contributed by atoms with Crippen molar-refractivity contribution < 1.29 is 4.79 Å². The third kappa shape index (κ3) is 3.69. The molecule has 2 heterocycles. The van der Waals surface area contributed by atoms with Crippen LogP contribution in [0.25, 0.3) is 0 Å². The first kappa shape index (κ1) is 13.8. The Morgan fingerprint density at radius 1 is 1.50 bits per heavy atom. The quantitative estimate of drug-likeness (QED) is 0.767. The predicted octanol–water partition coefficient (Wildman–Crippen LogP) is 0.975. The van der Waals surface area contributed by atoms with Crippen LogP contribution in [0.4, 0.5) is 0 Å². The summed E-state index contributed by atoms with van der Waals surface area (Å²) in [5, 5.41) is 6.64. The number of rotatable bonds is 5. The van der Waals surface area contributed by atoms with Crippen molar-refractivity contribution >= 4 is 5.91 Å². The molecule has 0 aromatic carbocycles. The number of piperidine rings is 1. The van der Waals surface area contributed by atoms with E-state index in [0.717, 1.165) is 18.9 Å². The van der Waals surface area contributed by atoms with E-state index in [0.29, 0.717) is 18.5 Å². The Kier molecular flexibility index (Phi) is 5.01. The van der Waals surface area contributed by atoms with Crippen LogP contribution < -0.4 is 10.6 Å². The predicted molar refractivity (Wildman–Crippen MR) is 73.5 cm³/mol. The molecule has 3 atom stereocenters. The van der Waals surface area contributed by atoms with Gasteiger partial charge in [0.2, 0.25) is 5.91 Å². The van der Waals surface area contributed by atoms with E-state index in [-0.39, 0.29) is 5.91 Å². The van der Waals surface area contributed by atoms with Crippen LogP contribution in [0, 0.1) is 5.92 Å². The van der Waals surface area contributed by atoms with Gasteiger partial charge in [-0.1, -0.05) is 6.92 Å². The minimum absolute atomic E-state index is 0.212. The first-order valence-electron chi connectivity index (χ1n) is 7.44. The second kappa shape index (κ2) is 6.53. The molecule has 3 unspecified atom stereocenters. The molecule has 2 saturated heterocycles. The minimum atomic E-state index is 0.212. The fourth-order valence-electron chi connectivity index (χ4n) is 3.11. The number of hydrogen-bond donors (Lipinski definition) is 2. The topological polar surface area (TPSA) is 44.4 Å². The van der Waals surface area contributed by atoms with E-state index in [1.54, 1.807) is 0 Å². The van der Waals surface area contributed by atoms with Crippen LogP contribution in [0.2, 0.25) is 0 Å². The zero-order valence-electron chi connectivity index (χ0n) is 11.7. The Balaban J connectivity index is 1.70. The van der Waals surface area contributed by atoms with Crippen LogP contribution in [0.1, 0.15) is 39.5 Å². The summed E-state index contributed by atoms with van der Waals surface area (Å²) in [4.78, 5) is 13.7. The van der Waals surface area contributed by atoms with E-state index in [1.165, 1.54) is 32.5 Å². The van der Waals surface area contributed by atoms with Crippen molar-refractivity contribution in [2.24, 2.45) is 5.92 Å². The number of carbonyl (C=O) groups excluding carboxylic acids is 1. The Labute approximate surface area is 110 Å². The molecule has 2 aliphatic heterocycles. The van der Waals surface area contributed by atoms with Gasteiger partial charge in [0.25, 0.3) is 0 Å². The van der Waals surface area contributed by atoms with Gasteiger partial charge in [-0.2, -0.15) is 0 Å². The number of amides is 1. The monoisotopic (exact) mass is 253 g/mol. The summed E-state index contributed by atoms with van der Waals surface area (Å²) >= 11 is 0. The second-order valence-electron chi connectivity index (χ2n) is 5.80. The highest BCUT2D eigenvalue weighted by Crippen LogP contribution is 2.19. The van der Waals surface area contributed by atoms with E-state index < -0.39 is 0 Å². The molecule has 2 N–H and O–H groups in total. The molecule has 2 rings (SSSR count). The number of hydrogen-bond acceptors (Lipinski definition) is 3. The van der Waals surface area contributed by atoms with Crippen molar-refractivity contribution in [2.75, 3.05) is 26.2 Å². The smallest absolute Gasteiger partial charge is 0.220 e. The number of nitrogens with one attached hydrogen (secondary N) is 2. The molecule has 4 nitrogen and oxygen atoms in total. The summed E-state index contributed by atoms with van der Waals surface area (Å²) in [6, 6.07) is 0.905. The van der Waals surface area contributed by atoms with Crippen molar-refractivity contribution in [1.29, 1.82) is 0 Å². The van der Waals surface area contributed by atoms with Crippen LogP contribution in [-0.2, 0) is 4.79 Å². The summed E-state index contributed by atoms with van der Waals surface area (Å²) in [5.74, 6) is 0.972. The molecule has 104 valence electrons. The highest BCUT2D eigenvalue weighted by atomic mass is 16.1. The van der Waals surface area contributed by atoms with E-state index in [4.69, 9.17) is 0 Å². The van der Waals surface area contributed by atoms with E-state index in [1.807, 2.05) is 0 Å². The third-order valence-corrected chi connectivity index (χ3v) is 4.47. The average Bonchev–Trinajstić information content (AvgIpc) is 2.82. The molecule has 0 saturated carbocycles. The van der Waals surface area contributed by atoms with Gasteiger partial charge in [-0.3, -0.25) is 4.79 Å². The Bertz CT molecular complexity index is 282. The van der Waals surface area contributed by atoms with Crippen molar-refractivity contribution in [2.45, 2.75) is 51.6 Å². The van der Waals surface area contributed by atoms with Gasteiger partial charge in [-0.05, 0) is 45.2 Å². The van der Waals surface area contributed by atoms with E-state index in [9.17, 15) is 4.79 Å². The summed E-state index contributed by atoms with van der Waals surface area (Å²) in [6.45, 7) is 9.12. The molecule has 0 aromatic rings. The number of carbonyl (C=O) groups is 1. The van der Waals surface area contributed by atoms with Crippen molar-refractivity contribution in [1.82, 2.24) is 15.5 Å². The van der Waals surface area contributed by atoms with E-state index >= 15 is 0 Å². The maximum atomic E-state index is 11.1. The first-order chi connectivity index (χ1) is 8.69. The molecule has 0 bridgehead atoms. The van der Waals surface area contributed by atoms with Gasteiger partial charge < -0.3 is 15.5 Å². The van der Waals surface area contributed by atoms with Crippen LogP contribution in [0.15, 0.2) is 0 Å². The second-order valence-corrected chi connectivity index (χ2v) is 5.80. The lowest BCUT2D eigenvalue weighted by atomic mass is 9.91. The van der Waals surface area contributed by atoms with Crippen LogP contribution >= 0.6 is 0 Å². The SMILES string of the molecule is CCN1CCCC(C(C)NCC2CCC(=O)N2)C1. The van der Waals surface area contributed by atoms with Gasteiger partial charge in [0.1, 0.15) is 0 Å². The molecule has 0 spiro atoms. The van der Waals surface area contributed by atoms with Gasteiger partial charge in [-0.25, -0.2) is 0 Å². The fourth-order valence-corrected chi connectivity index (χ4v) is 3.11. The molecule has 1 amide bonds. The van der Waals surface area contributed by atoms with Crippen molar-refractivity contribution in [3.8, 4) is 0 Å². The molecule has 0 radical (unpaired) electrons. The highest BCUT2D eigenvalue weighted by Gasteiger charge is 2.25. The van der Waals surface area contributed by atoms with E-state index in [2.05, 4.69) is 29.4 Å². The van der Waals surface area contributed by atoms with Crippen LogP contribution in [0.5, 0.6) is 0 Å². The molecule has 0 aromatic heterocycles. The fraction of sp³-hybridized carbons (Fsp3) is 0.929. The van der Waals surface area contributed by atoms with Gasteiger partial charge >= 0.3 is 0 Å². The largest absolute Gasteiger partial charge is 0.352 e. The number of likely N-dealkylation sites (tertiary alicyclic amines) is 1. The van der Waals surface area contributed by atoms with Crippen LogP contribution in [-0.4, -0.2) is 49.1 Å². The molecule has 18 heavy (non-hydrogen) atoms. The summed E-state index contributed by atoms with van der Waals surface area (Å²) < 4.78 is 0. The lowest BCUT2D eigenvalue weighted by molar-refractivity contribution is -0.119. The molecular formula is C14H27N3O. The Morgan fingerprint density at radius 2 is 2.33 bits per heavy atom.